The number of hydrogen-bond donors (Lipinski definition) is 0. The van der Waals surface area contributed by atoms with E-state index in [2.05, 4.69) is 63.3 Å². The molecule has 0 bridgehead atoms. The molecule has 0 saturated carbocycles. The third kappa shape index (κ3) is 3.25. The molecule has 0 unspecified atom stereocenters. The molecule has 0 amide bonds. The maximum absolute atomic E-state index is 5.03. The number of nitrogens with zero attached hydrogens (tertiary/aromatic N) is 4. The van der Waals surface area contributed by atoms with Crippen molar-refractivity contribution in [3.05, 3.63) is 34.9 Å². The number of hydrogen-bond acceptors (Lipinski definition) is 2. The van der Waals surface area contributed by atoms with Gasteiger partial charge in [-0.05, 0) is 60.5 Å². The van der Waals surface area contributed by atoms with Crippen molar-refractivity contribution in [3.63, 3.8) is 0 Å². The van der Waals surface area contributed by atoms with Gasteiger partial charge in [0.2, 0.25) is 0 Å². The van der Waals surface area contributed by atoms with E-state index >= 15 is 0 Å². The van der Waals surface area contributed by atoms with Crippen LogP contribution >= 0.6 is 0 Å². The van der Waals surface area contributed by atoms with Crippen LogP contribution in [0.2, 0.25) is 0 Å². The molecular formula is C23H36N4. The van der Waals surface area contributed by atoms with E-state index in [-0.39, 0.29) is 0 Å². The van der Waals surface area contributed by atoms with Crippen molar-refractivity contribution in [1.82, 2.24) is 19.6 Å². The molecule has 4 heteroatoms. The Labute approximate surface area is 164 Å². The summed E-state index contributed by atoms with van der Waals surface area (Å²) in [4.78, 5) is 0. The minimum Gasteiger partial charge on any atom is -0.251 e. The van der Waals surface area contributed by atoms with Gasteiger partial charge in [0.15, 0.2) is 0 Å². The smallest absolute Gasteiger partial charge is 0.133 e. The molecule has 0 saturated heterocycles. The molecule has 4 atom stereocenters. The van der Waals surface area contributed by atoms with Crippen molar-refractivity contribution in [2.75, 3.05) is 0 Å². The molecule has 0 fully saturated rings. The topological polar surface area (TPSA) is 35.6 Å². The minimum atomic E-state index is 0.575. The summed E-state index contributed by atoms with van der Waals surface area (Å²) in [6.45, 7) is 14.8. The van der Waals surface area contributed by atoms with Gasteiger partial charge in [-0.3, -0.25) is 4.68 Å². The van der Waals surface area contributed by atoms with Crippen LogP contribution in [0.4, 0.5) is 0 Å². The zero-order chi connectivity index (χ0) is 19.3. The standard InChI is InChI=1S/C23H36N4/c1-14(2)18-9-8-17(6)22-21(18)12-26(25-22)13-27-23-19(15(3)4)10-7-16(5)20(23)11-24-27/h11-12,14-19H,7-10,13H2,1-6H3/t16-,17+,18+,19-/m1/s1. The second-order valence-electron chi connectivity index (χ2n) is 9.79. The van der Waals surface area contributed by atoms with Gasteiger partial charge in [-0.2, -0.15) is 10.2 Å². The van der Waals surface area contributed by atoms with E-state index in [0.29, 0.717) is 35.5 Å². The van der Waals surface area contributed by atoms with Crippen LogP contribution in [0.25, 0.3) is 0 Å². The molecule has 0 radical (unpaired) electrons. The van der Waals surface area contributed by atoms with Crippen LogP contribution in [0.15, 0.2) is 12.4 Å². The molecule has 2 aromatic heterocycles. The molecule has 2 heterocycles. The first-order chi connectivity index (χ1) is 12.9. The van der Waals surface area contributed by atoms with Gasteiger partial charge in [-0.1, -0.05) is 41.5 Å². The summed E-state index contributed by atoms with van der Waals surface area (Å²) in [7, 11) is 0. The van der Waals surface area contributed by atoms with Gasteiger partial charge in [-0.15, -0.1) is 0 Å². The van der Waals surface area contributed by atoms with E-state index in [1.807, 2.05) is 0 Å². The van der Waals surface area contributed by atoms with Gasteiger partial charge < -0.3 is 0 Å². The van der Waals surface area contributed by atoms with Crippen molar-refractivity contribution >= 4 is 0 Å². The van der Waals surface area contributed by atoms with Gasteiger partial charge in [0.25, 0.3) is 0 Å². The van der Waals surface area contributed by atoms with Crippen molar-refractivity contribution in [1.29, 1.82) is 0 Å². The van der Waals surface area contributed by atoms with Crippen molar-refractivity contribution in [2.24, 2.45) is 11.8 Å². The van der Waals surface area contributed by atoms with Crippen LogP contribution < -0.4 is 0 Å². The fourth-order valence-electron chi connectivity index (χ4n) is 5.42. The first-order valence-electron chi connectivity index (χ1n) is 11.0. The lowest BCUT2D eigenvalue weighted by atomic mass is 9.76. The van der Waals surface area contributed by atoms with Crippen LogP contribution in [0.3, 0.4) is 0 Å². The summed E-state index contributed by atoms with van der Waals surface area (Å²) >= 11 is 0. The molecule has 0 spiro atoms. The zero-order valence-corrected chi connectivity index (χ0v) is 17.9. The molecule has 2 aromatic rings. The van der Waals surface area contributed by atoms with E-state index in [0.717, 1.165) is 6.67 Å². The fraction of sp³-hybridized carbons (Fsp3) is 0.739. The lowest BCUT2D eigenvalue weighted by molar-refractivity contribution is 0.369. The molecule has 4 nitrogen and oxygen atoms in total. The molecule has 4 rings (SSSR count). The van der Waals surface area contributed by atoms with Crippen LogP contribution in [0.1, 0.15) is 113 Å². The van der Waals surface area contributed by atoms with Crippen molar-refractivity contribution in [2.45, 2.75) is 97.6 Å². The summed E-state index contributed by atoms with van der Waals surface area (Å²) in [5.41, 5.74) is 5.74. The SMILES string of the molecule is CC(C)[C@@H]1CC[C@H](C)c2nn(Cn3ncc4c3[C@@H](C(C)C)CC[C@H]4C)cc21. The van der Waals surface area contributed by atoms with E-state index in [9.17, 15) is 0 Å². The van der Waals surface area contributed by atoms with Gasteiger partial charge in [-0.25, -0.2) is 4.68 Å². The number of aromatic nitrogens is 4. The summed E-state index contributed by atoms with van der Waals surface area (Å²) in [5.74, 6) is 3.80. The quantitative estimate of drug-likeness (QED) is 0.677. The summed E-state index contributed by atoms with van der Waals surface area (Å²) in [5, 5.41) is 9.84. The predicted molar refractivity (Wildman–Crippen MR) is 110 cm³/mol. The average molecular weight is 369 g/mol. The molecule has 148 valence electrons. The largest absolute Gasteiger partial charge is 0.251 e. The van der Waals surface area contributed by atoms with Crippen molar-refractivity contribution in [3.8, 4) is 0 Å². The normalized spacial score (nSPS) is 27.9. The maximum atomic E-state index is 5.03. The third-order valence-electron chi connectivity index (χ3n) is 7.19. The Morgan fingerprint density at radius 1 is 0.926 bits per heavy atom. The molecule has 0 aliphatic heterocycles. The summed E-state index contributed by atoms with van der Waals surface area (Å²) < 4.78 is 4.40. The molecule has 0 aromatic carbocycles. The van der Waals surface area contributed by atoms with Gasteiger partial charge in [0.05, 0.1) is 11.9 Å². The van der Waals surface area contributed by atoms with Crippen LogP contribution in [-0.4, -0.2) is 19.6 Å². The summed E-state index contributed by atoms with van der Waals surface area (Å²) in [6.07, 6.45) is 9.56. The average Bonchev–Trinajstić information content (AvgIpc) is 3.21. The minimum absolute atomic E-state index is 0.575. The van der Waals surface area contributed by atoms with E-state index in [1.54, 1.807) is 0 Å². The van der Waals surface area contributed by atoms with Crippen molar-refractivity contribution < 1.29 is 0 Å². The Morgan fingerprint density at radius 3 is 2.30 bits per heavy atom. The third-order valence-corrected chi connectivity index (χ3v) is 7.19. The van der Waals surface area contributed by atoms with E-state index < -0.39 is 0 Å². The molecule has 2 aliphatic rings. The molecule has 2 aliphatic carbocycles. The zero-order valence-electron chi connectivity index (χ0n) is 17.9. The highest BCUT2D eigenvalue weighted by molar-refractivity contribution is 5.30. The second kappa shape index (κ2) is 7.10. The van der Waals surface area contributed by atoms with Gasteiger partial charge in [0, 0.05) is 23.7 Å². The molecule has 0 N–H and O–H groups in total. The van der Waals surface area contributed by atoms with Gasteiger partial charge >= 0.3 is 0 Å². The Balaban J connectivity index is 1.68. The Morgan fingerprint density at radius 2 is 1.59 bits per heavy atom. The van der Waals surface area contributed by atoms with Crippen LogP contribution in [0, 0.1) is 11.8 Å². The van der Waals surface area contributed by atoms with Crippen LogP contribution in [0.5, 0.6) is 0 Å². The van der Waals surface area contributed by atoms with E-state index in [1.165, 1.54) is 48.2 Å². The Bertz CT molecular complexity index is 797. The highest BCUT2D eigenvalue weighted by Gasteiger charge is 2.32. The highest BCUT2D eigenvalue weighted by atomic mass is 15.4. The first-order valence-corrected chi connectivity index (χ1v) is 11.0. The lowest BCUT2D eigenvalue weighted by Crippen LogP contribution is -2.22. The van der Waals surface area contributed by atoms with Gasteiger partial charge in [0.1, 0.15) is 6.67 Å². The molecule has 27 heavy (non-hydrogen) atoms. The van der Waals surface area contributed by atoms with Crippen LogP contribution in [-0.2, 0) is 6.67 Å². The lowest BCUT2D eigenvalue weighted by Gasteiger charge is -2.30. The monoisotopic (exact) mass is 368 g/mol. The number of fused-ring (bicyclic) bond motifs is 2. The Kier molecular flexibility index (Phi) is 4.94. The van der Waals surface area contributed by atoms with E-state index in [4.69, 9.17) is 10.2 Å². The predicted octanol–water partition coefficient (Wildman–Crippen LogP) is 5.86. The number of rotatable bonds is 4. The summed E-state index contributed by atoms with van der Waals surface area (Å²) in [6, 6.07) is 0. The molecular weight excluding hydrogens is 332 g/mol. The Hall–Kier alpha value is -1.58. The second-order valence-corrected chi connectivity index (χ2v) is 9.79. The fourth-order valence-corrected chi connectivity index (χ4v) is 5.42. The highest BCUT2D eigenvalue weighted by Crippen LogP contribution is 2.43. The first kappa shape index (κ1) is 18.8. The maximum Gasteiger partial charge on any atom is 0.133 e.